The zero-order chi connectivity index (χ0) is 18.4. The van der Waals surface area contributed by atoms with Gasteiger partial charge in [-0.15, -0.1) is 0 Å². The molecule has 8 heteroatoms. The summed E-state index contributed by atoms with van der Waals surface area (Å²) < 4.78 is 6.83. The molecule has 0 atom stereocenters. The predicted molar refractivity (Wildman–Crippen MR) is 96.8 cm³/mol. The third kappa shape index (κ3) is 4.65. The van der Waals surface area contributed by atoms with Gasteiger partial charge in [0.15, 0.2) is 5.69 Å². The first-order valence-electron chi connectivity index (χ1n) is 9.11. The van der Waals surface area contributed by atoms with Crippen molar-refractivity contribution >= 4 is 17.6 Å². The van der Waals surface area contributed by atoms with Crippen LogP contribution in [0, 0.1) is 0 Å². The minimum Gasteiger partial charge on any atom is -0.467 e. The first-order valence-corrected chi connectivity index (χ1v) is 9.11. The number of anilines is 1. The van der Waals surface area contributed by atoms with Crippen LogP contribution in [0.3, 0.4) is 0 Å². The van der Waals surface area contributed by atoms with Crippen LogP contribution in [-0.4, -0.2) is 27.8 Å². The van der Waals surface area contributed by atoms with Crippen LogP contribution in [-0.2, 0) is 13.1 Å². The number of urea groups is 1. The lowest BCUT2D eigenvalue weighted by molar-refractivity contribution is 0.0943. The number of amides is 3. The summed E-state index contributed by atoms with van der Waals surface area (Å²) in [6, 6.07) is 3.44. The number of nitrogens with zero attached hydrogens (tertiary/aromatic N) is 2. The largest absolute Gasteiger partial charge is 0.467 e. The quantitative estimate of drug-likeness (QED) is 0.738. The van der Waals surface area contributed by atoms with Crippen LogP contribution < -0.4 is 16.0 Å². The molecule has 1 saturated carbocycles. The van der Waals surface area contributed by atoms with E-state index in [9.17, 15) is 9.59 Å². The molecule has 140 valence electrons. The standard InChI is InChI=1S/C18H25N5O3/c1-2-23-12-15(21-18(25)20-13-7-4-3-5-8-13)16(22-23)17(24)19-11-14-9-6-10-26-14/h6,9-10,12-13H,2-5,7-8,11H2,1H3,(H,19,24)(H2,20,21,25). The molecule has 2 aromatic rings. The maximum atomic E-state index is 12.5. The Morgan fingerprint density at radius 1 is 1.31 bits per heavy atom. The second-order valence-corrected chi connectivity index (χ2v) is 6.44. The molecule has 3 rings (SSSR count). The highest BCUT2D eigenvalue weighted by Gasteiger charge is 2.20. The van der Waals surface area contributed by atoms with Gasteiger partial charge in [0.1, 0.15) is 5.76 Å². The summed E-state index contributed by atoms with van der Waals surface area (Å²) >= 11 is 0. The molecule has 3 N–H and O–H groups in total. The Bertz CT molecular complexity index is 732. The number of hydrogen-bond acceptors (Lipinski definition) is 4. The zero-order valence-electron chi connectivity index (χ0n) is 15.0. The van der Waals surface area contributed by atoms with Crippen molar-refractivity contribution in [3.8, 4) is 0 Å². The summed E-state index contributed by atoms with van der Waals surface area (Å²) in [6.45, 7) is 2.78. The van der Waals surface area contributed by atoms with Gasteiger partial charge in [0.05, 0.1) is 18.5 Å². The number of nitrogens with one attached hydrogen (secondary N) is 3. The number of rotatable bonds is 6. The maximum absolute atomic E-state index is 12.5. The summed E-state index contributed by atoms with van der Waals surface area (Å²) in [7, 11) is 0. The lowest BCUT2D eigenvalue weighted by atomic mass is 9.96. The van der Waals surface area contributed by atoms with Crippen LogP contribution in [0.15, 0.2) is 29.0 Å². The predicted octanol–water partition coefficient (Wildman–Crippen LogP) is 2.88. The van der Waals surface area contributed by atoms with Crippen LogP contribution >= 0.6 is 0 Å². The fourth-order valence-electron chi connectivity index (χ4n) is 3.10. The van der Waals surface area contributed by atoms with Gasteiger partial charge in [0.25, 0.3) is 5.91 Å². The minimum absolute atomic E-state index is 0.192. The number of carbonyl (C=O) groups excluding carboxylic acids is 2. The van der Waals surface area contributed by atoms with E-state index in [-0.39, 0.29) is 30.2 Å². The Morgan fingerprint density at radius 2 is 2.12 bits per heavy atom. The molecule has 1 aliphatic carbocycles. The highest BCUT2D eigenvalue weighted by atomic mass is 16.3. The number of furan rings is 1. The zero-order valence-corrected chi connectivity index (χ0v) is 15.0. The van der Waals surface area contributed by atoms with E-state index in [0.717, 1.165) is 25.7 Å². The molecule has 8 nitrogen and oxygen atoms in total. The highest BCUT2D eigenvalue weighted by Crippen LogP contribution is 2.18. The SMILES string of the molecule is CCn1cc(NC(=O)NC2CCCCC2)c(C(=O)NCc2ccco2)n1. The molecule has 3 amide bonds. The third-order valence-electron chi connectivity index (χ3n) is 4.49. The maximum Gasteiger partial charge on any atom is 0.319 e. The second kappa shape index (κ2) is 8.55. The fraction of sp³-hybridized carbons (Fsp3) is 0.500. The van der Waals surface area contributed by atoms with Gasteiger partial charge in [-0.25, -0.2) is 4.79 Å². The van der Waals surface area contributed by atoms with Gasteiger partial charge in [-0.2, -0.15) is 5.10 Å². The second-order valence-electron chi connectivity index (χ2n) is 6.44. The Morgan fingerprint density at radius 3 is 2.81 bits per heavy atom. The molecular weight excluding hydrogens is 334 g/mol. The van der Waals surface area contributed by atoms with E-state index in [1.54, 1.807) is 29.3 Å². The number of carbonyl (C=O) groups is 2. The molecule has 0 spiro atoms. The van der Waals surface area contributed by atoms with Crippen LogP contribution in [0.4, 0.5) is 10.5 Å². The van der Waals surface area contributed by atoms with Crippen molar-refractivity contribution in [3.05, 3.63) is 36.0 Å². The van der Waals surface area contributed by atoms with Crippen molar-refractivity contribution in [2.24, 2.45) is 0 Å². The van der Waals surface area contributed by atoms with Gasteiger partial charge in [-0.05, 0) is 31.9 Å². The Labute approximate surface area is 152 Å². The third-order valence-corrected chi connectivity index (χ3v) is 4.49. The van der Waals surface area contributed by atoms with Crippen LogP contribution in [0.5, 0.6) is 0 Å². The van der Waals surface area contributed by atoms with Crippen LogP contribution in [0.25, 0.3) is 0 Å². The van der Waals surface area contributed by atoms with E-state index >= 15 is 0 Å². The van der Waals surface area contributed by atoms with Gasteiger partial charge in [-0.1, -0.05) is 19.3 Å². The summed E-state index contributed by atoms with van der Waals surface area (Å²) in [6.07, 6.45) is 8.72. The highest BCUT2D eigenvalue weighted by molar-refractivity contribution is 6.01. The van der Waals surface area contributed by atoms with E-state index in [1.165, 1.54) is 6.42 Å². The van der Waals surface area contributed by atoms with Crippen molar-refractivity contribution < 1.29 is 14.0 Å². The monoisotopic (exact) mass is 359 g/mol. The molecule has 1 aliphatic rings. The first kappa shape index (κ1) is 18.0. The lowest BCUT2D eigenvalue weighted by Gasteiger charge is -2.22. The normalized spacial score (nSPS) is 14.8. The molecule has 2 heterocycles. The van der Waals surface area contributed by atoms with E-state index in [1.807, 2.05) is 6.92 Å². The van der Waals surface area contributed by atoms with E-state index in [0.29, 0.717) is 18.0 Å². The van der Waals surface area contributed by atoms with Crippen LogP contribution in [0.2, 0.25) is 0 Å². The van der Waals surface area contributed by atoms with E-state index in [2.05, 4.69) is 21.0 Å². The molecule has 0 saturated heterocycles. The molecule has 0 aromatic carbocycles. The number of aromatic nitrogens is 2. The Kier molecular flexibility index (Phi) is 5.93. The molecule has 0 unspecified atom stereocenters. The molecule has 0 radical (unpaired) electrons. The molecular formula is C18H25N5O3. The summed E-state index contributed by atoms with van der Waals surface area (Å²) in [5, 5.41) is 12.8. The molecule has 26 heavy (non-hydrogen) atoms. The van der Waals surface area contributed by atoms with Crippen molar-refractivity contribution in [1.82, 2.24) is 20.4 Å². The van der Waals surface area contributed by atoms with Gasteiger partial charge in [-0.3, -0.25) is 9.48 Å². The smallest absolute Gasteiger partial charge is 0.319 e. The average Bonchev–Trinajstić information content (AvgIpc) is 3.30. The van der Waals surface area contributed by atoms with Gasteiger partial charge in [0.2, 0.25) is 0 Å². The van der Waals surface area contributed by atoms with Crippen molar-refractivity contribution in [3.63, 3.8) is 0 Å². The minimum atomic E-state index is -0.360. The topological polar surface area (TPSA) is 101 Å². The lowest BCUT2D eigenvalue weighted by Crippen LogP contribution is -2.39. The van der Waals surface area contributed by atoms with E-state index in [4.69, 9.17) is 4.42 Å². The van der Waals surface area contributed by atoms with Gasteiger partial charge < -0.3 is 20.4 Å². The van der Waals surface area contributed by atoms with Crippen molar-refractivity contribution in [2.45, 2.75) is 58.2 Å². The summed E-state index contributed by atoms with van der Waals surface area (Å²) in [4.78, 5) is 24.8. The summed E-state index contributed by atoms with van der Waals surface area (Å²) in [5.41, 5.74) is 0.592. The van der Waals surface area contributed by atoms with Gasteiger partial charge >= 0.3 is 6.03 Å². The number of aryl methyl sites for hydroxylation is 1. The average molecular weight is 359 g/mol. The fourth-order valence-corrected chi connectivity index (χ4v) is 3.10. The Balaban J connectivity index is 1.63. The molecule has 1 fully saturated rings. The first-order chi connectivity index (χ1) is 12.7. The molecule has 2 aromatic heterocycles. The van der Waals surface area contributed by atoms with Crippen molar-refractivity contribution in [2.75, 3.05) is 5.32 Å². The van der Waals surface area contributed by atoms with Crippen LogP contribution in [0.1, 0.15) is 55.3 Å². The molecule has 0 bridgehead atoms. The molecule has 0 aliphatic heterocycles. The Hall–Kier alpha value is -2.77. The van der Waals surface area contributed by atoms with Gasteiger partial charge in [0, 0.05) is 18.8 Å². The van der Waals surface area contributed by atoms with Crippen molar-refractivity contribution in [1.29, 1.82) is 0 Å². The van der Waals surface area contributed by atoms with E-state index < -0.39 is 0 Å². The summed E-state index contributed by atoms with van der Waals surface area (Å²) in [5.74, 6) is 0.291. The number of hydrogen-bond donors (Lipinski definition) is 3.